The van der Waals surface area contributed by atoms with E-state index in [2.05, 4.69) is 22.1 Å². The van der Waals surface area contributed by atoms with Crippen molar-refractivity contribution >= 4 is 33.6 Å². The molecule has 0 bridgehead atoms. The van der Waals surface area contributed by atoms with E-state index in [0.717, 1.165) is 44.2 Å². The summed E-state index contributed by atoms with van der Waals surface area (Å²) in [5.41, 5.74) is 4.70. The molecule has 2 N–H and O–H groups in total. The molecule has 0 aliphatic carbocycles. The van der Waals surface area contributed by atoms with Crippen LogP contribution in [0.5, 0.6) is 11.5 Å². The molecule has 8 heteroatoms. The van der Waals surface area contributed by atoms with Crippen LogP contribution in [-0.2, 0) is 21.5 Å². The van der Waals surface area contributed by atoms with Crippen molar-refractivity contribution in [2.45, 2.75) is 31.7 Å². The molecule has 42 heavy (non-hydrogen) atoms. The molecule has 5 aromatic rings. The van der Waals surface area contributed by atoms with Crippen molar-refractivity contribution in [2.24, 2.45) is 0 Å². The van der Waals surface area contributed by atoms with Gasteiger partial charge >= 0.3 is 0 Å². The third-order valence-corrected chi connectivity index (χ3v) is 9.04. The lowest BCUT2D eigenvalue weighted by molar-refractivity contribution is -0.166. The molecule has 7 rings (SSSR count). The Balaban J connectivity index is 1.32. The molecule has 2 amide bonds. The molecule has 0 spiro atoms. The van der Waals surface area contributed by atoms with Gasteiger partial charge in [-0.2, -0.15) is 0 Å². The zero-order valence-corrected chi connectivity index (χ0v) is 24.1. The van der Waals surface area contributed by atoms with E-state index in [1.165, 1.54) is 0 Å². The second-order valence-corrected chi connectivity index (χ2v) is 11.2. The molecular formula is C34H34N4O4. The Hall–Kier alpha value is -4.72. The van der Waals surface area contributed by atoms with Crippen LogP contribution in [0.25, 0.3) is 21.8 Å². The number of amides is 2. The summed E-state index contributed by atoms with van der Waals surface area (Å²) < 4.78 is 11.8. The number of benzene rings is 3. The van der Waals surface area contributed by atoms with Crippen LogP contribution in [0.3, 0.4) is 0 Å². The van der Waals surface area contributed by atoms with Gasteiger partial charge in [-0.3, -0.25) is 9.59 Å². The molecule has 3 aromatic carbocycles. The maximum atomic E-state index is 14.5. The van der Waals surface area contributed by atoms with Gasteiger partial charge in [-0.05, 0) is 49.6 Å². The zero-order valence-electron chi connectivity index (χ0n) is 24.1. The summed E-state index contributed by atoms with van der Waals surface area (Å²) in [5.74, 6) is 0.975. The highest BCUT2D eigenvalue weighted by molar-refractivity contribution is 6.01. The third-order valence-electron chi connectivity index (χ3n) is 9.04. The predicted octanol–water partition coefficient (Wildman–Crippen LogP) is 5.33. The van der Waals surface area contributed by atoms with Gasteiger partial charge in [0.2, 0.25) is 5.91 Å². The number of nitrogens with one attached hydrogen (secondary N) is 2. The molecule has 2 aliphatic heterocycles. The number of para-hydroxylation sites is 3. The standard InChI is InChI=1S/C34H34N4O4/c1-4-42-31-23(12-9-15-28(31)41-3)25-19-38-29(39)20-37(17-16-21-18-35-26-13-7-5-10-22(21)26)33(40)34(38,2)32-30(25)24-11-6-8-14-27(24)36-32/h5-15,18,25,35-36H,4,16-17,19-20H2,1-3H3/t25-,34+/m1/s1. The molecule has 1 fully saturated rings. The highest BCUT2D eigenvalue weighted by Gasteiger charge is 2.56. The number of piperazine rings is 1. The zero-order chi connectivity index (χ0) is 29.0. The van der Waals surface area contributed by atoms with Crippen LogP contribution >= 0.6 is 0 Å². The minimum Gasteiger partial charge on any atom is -0.493 e. The topological polar surface area (TPSA) is 90.7 Å². The van der Waals surface area contributed by atoms with E-state index in [4.69, 9.17) is 9.47 Å². The molecule has 0 radical (unpaired) electrons. The van der Waals surface area contributed by atoms with Crippen LogP contribution in [0.15, 0.2) is 72.9 Å². The summed E-state index contributed by atoms with van der Waals surface area (Å²) in [6.45, 7) is 5.19. The number of ether oxygens (including phenoxy) is 2. The van der Waals surface area contributed by atoms with Crippen molar-refractivity contribution in [3.8, 4) is 11.5 Å². The lowest BCUT2D eigenvalue weighted by atomic mass is 9.76. The van der Waals surface area contributed by atoms with Crippen LogP contribution < -0.4 is 9.47 Å². The number of carbonyl (C=O) groups is 2. The first kappa shape index (κ1) is 26.2. The Morgan fingerprint density at radius 3 is 2.52 bits per heavy atom. The first-order valence-corrected chi connectivity index (χ1v) is 14.5. The Labute approximate surface area is 244 Å². The number of H-pyrrole nitrogens is 2. The van der Waals surface area contributed by atoms with E-state index < -0.39 is 5.54 Å². The maximum absolute atomic E-state index is 14.5. The largest absolute Gasteiger partial charge is 0.493 e. The predicted molar refractivity (Wildman–Crippen MR) is 162 cm³/mol. The molecule has 0 saturated carbocycles. The van der Waals surface area contributed by atoms with Gasteiger partial charge in [-0.15, -0.1) is 0 Å². The summed E-state index contributed by atoms with van der Waals surface area (Å²) in [6.07, 6.45) is 2.66. The van der Waals surface area contributed by atoms with Gasteiger partial charge in [-0.1, -0.05) is 48.5 Å². The quantitative estimate of drug-likeness (QED) is 0.281. The molecule has 4 heterocycles. The molecule has 0 unspecified atom stereocenters. The van der Waals surface area contributed by atoms with Gasteiger partial charge in [0.25, 0.3) is 5.91 Å². The Morgan fingerprint density at radius 1 is 0.976 bits per heavy atom. The van der Waals surface area contributed by atoms with E-state index in [-0.39, 0.29) is 24.3 Å². The van der Waals surface area contributed by atoms with Gasteiger partial charge in [0, 0.05) is 52.6 Å². The molecule has 2 aliphatic rings. The number of rotatable bonds is 7. The molecule has 214 valence electrons. The van der Waals surface area contributed by atoms with Gasteiger partial charge in [-0.25, -0.2) is 0 Å². The molecule has 2 aromatic heterocycles. The number of hydrogen-bond acceptors (Lipinski definition) is 4. The van der Waals surface area contributed by atoms with Crippen LogP contribution in [-0.4, -0.2) is 64.9 Å². The maximum Gasteiger partial charge on any atom is 0.254 e. The van der Waals surface area contributed by atoms with Gasteiger partial charge < -0.3 is 29.2 Å². The fourth-order valence-electron chi connectivity index (χ4n) is 7.00. The molecule has 2 atom stereocenters. The highest BCUT2D eigenvalue weighted by Crippen LogP contribution is 2.50. The van der Waals surface area contributed by atoms with Crippen LogP contribution in [0.1, 0.15) is 42.1 Å². The van der Waals surface area contributed by atoms with Crippen molar-refractivity contribution in [3.63, 3.8) is 0 Å². The second-order valence-electron chi connectivity index (χ2n) is 11.2. The summed E-state index contributed by atoms with van der Waals surface area (Å²) in [6, 6.07) is 22.1. The van der Waals surface area contributed by atoms with Crippen LogP contribution in [0, 0.1) is 0 Å². The average molecular weight is 563 g/mol. The Kier molecular flexibility index (Phi) is 6.22. The fourth-order valence-corrected chi connectivity index (χ4v) is 7.00. The number of nitrogens with zero attached hydrogens (tertiary/aromatic N) is 2. The van der Waals surface area contributed by atoms with Gasteiger partial charge in [0.1, 0.15) is 0 Å². The van der Waals surface area contributed by atoms with Crippen molar-refractivity contribution in [1.29, 1.82) is 0 Å². The van der Waals surface area contributed by atoms with Crippen molar-refractivity contribution < 1.29 is 19.1 Å². The number of aromatic nitrogens is 2. The number of fused-ring (bicyclic) bond motifs is 6. The third kappa shape index (κ3) is 3.81. The SMILES string of the molecule is CCOc1c(OC)cccc1[C@H]1CN2C(=O)CN(CCc3c[nH]c4ccccc34)C(=O)[C@]2(C)c2[nH]c3ccccc3c21. The van der Waals surface area contributed by atoms with Crippen molar-refractivity contribution in [1.82, 2.24) is 19.8 Å². The molecule has 8 nitrogen and oxygen atoms in total. The van der Waals surface area contributed by atoms with Crippen LogP contribution in [0.2, 0.25) is 0 Å². The number of methoxy groups -OCH3 is 1. The minimum atomic E-state index is -1.16. The van der Waals surface area contributed by atoms with Gasteiger partial charge in [0.15, 0.2) is 17.0 Å². The normalized spacial score (nSPS) is 20.2. The van der Waals surface area contributed by atoms with E-state index in [0.29, 0.717) is 37.6 Å². The summed E-state index contributed by atoms with van der Waals surface area (Å²) in [4.78, 5) is 38.8. The van der Waals surface area contributed by atoms with Gasteiger partial charge in [0.05, 0.1) is 26.0 Å². The highest BCUT2D eigenvalue weighted by atomic mass is 16.5. The lowest BCUT2D eigenvalue weighted by Gasteiger charge is -2.51. The lowest BCUT2D eigenvalue weighted by Crippen LogP contribution is -2.67. The summed E-state index contributed by atoms with van der Waals surface area (Å²) in [5, 5.41) is 2.18. The molecular weight excluding hydrogens is 528 g/mol. The smallest absolute Gasteiger partial charge is 0.254 e. The minimum absolute atomic E-state index is 0.0511. The second kappa shape index (κ2) is 9.98. The van der Waals surface area contributed by atoms with Crippen molar-refractivity contribution in [2.75, 3.05) is 33.4 Å². The Morgan fingerprint density at radius 2 is 1.74 bits per heavy atom. The van der Waals surface area contributed by atoms with Crippen molar-refractivity contribution in [3.05, 3.63) is 95.3 Å². The van der Waals surface area contributed by atoms with E-state index in [1.807, 2.05) is 74.6 Å². The van der Waals surface area contributed by atoms with E-state index in [1.54, 1.807) is 16.9 Å². The number of hydrogen-bond donors (Lipinski definition) is 2. The molecule has 1 saturated heterocycles. The first-order valence-electron chi connectivity index (χ1n) is 14.5. The summed E-state index contributed by atoms with van der Waals surface area (Å²) >= 11 is 0. The summed E-state index contributed by atoms with van der Waals surface area (Å²) in [7, 11) is 1.63. The van der Waals surface area contributed by atoms with Crippen LogP contribution in [0.4, 0.5) is 0 Å². The fraction of sp³-hybridized carbons (Fsp3) is 0.294. The average Bonchev–Trinajstić information content (AvgIpc) is 3.61. The van der Waals surface area contributed by atoms with E-state index >= 15 is 0 Å². The monoisotopic (exact) mass is 562 g/mol. The number of aromatic amines is 2. The number of carbonyl (C=O) groups excluding carboxylic acids is 2. The first-order chi connectivity index (χ1) is 20.5. The van der Waals surface area contributed by atoms with E-state index in [9.17, 15) is 9.59 Å². The Bertz CT molecular complexity index is 1840.